The van der Waals surface area contributed by atoms with Gasteiger partial charge in [-0.05, 0) is 65.7 Å². The van der Waals surface area contributed by atoms with Crippen LogP contribution in [0.4, 0.5) is 5.69 Å². The summed E-state index contributed by atoms with van der Waals surface area (Å²) in [7, 11) is 0. The van der Waals surface area contributed by atoms with Crippen molar-refractivity contribution in [1.82, 2.24) is 4.57 Å². The Balaban J connectivity index is 1.79. The van der Waals surface area contributed by atoms with Gasteiger partial charge in [0.05, 0.1) is 27.7 Å². The number of halogens is 1. The zero-order valence-electron chi connectivity index (χ0n) is 19.6. The lowest BCUT2D eigenvalue weighted by Gasteiger charge is -2.25. The molecule has 188 valence electrons. The highest BCUT2D eigenvalue weighted by Gasteiger charge is 2.35. The molecule has 1 aromatic heterocycles. The summed E-state index contributed by atoms with van der Waals surface area (Å²) in [6.07, 6.45) is 1.64. The van der Waals surface area contributed by atoms with E-state index >= 15 is 0 Å². The predicted molar refractivity (Wildman–Crippen MR) is 150 cm³/mol. The number of phenolic OH excluding ortho intramolecular Hbond substituents is 2. The Morgan fingerprint density at radius 1 is 1.03 bits per heavy atom. The number of nitrogens with zero attached hydrogens (tertiary/aromatic N) is 2. The minimum Gasteiger partial charge on any atom is -0.508 e. The van der Waals surface area contributed by atoms with Gasteiger partial charge in [-0.2, -0.15) is 5.26 Å². The monoisotopic (exact) mass is 586 g/mol. The fraction of sp³-hybridized carbons (Fsp3) is 0.0357. The minimum absolute atomic E-state index is 0.0275. The summed E-state index contributed by atoms with van der Waals surface area (Å²) in [5.41, 5.74) is 7.89. The van der Waals surface area contributed by atoms with Crippen LogP contribution in [0.2, 0.25) is 0 Å². The number of carbonyl (C=O) groups is 1. The molecule has 38 heavy (non-hydrogen) atoms. The lowest BCUT2D eigenvalue weighted by Crippen LogP contribution is -2.40. The van der Waals surface area contributed by atoms with E-state index in [2.05, 4.69) is 27.3 Å². The zero-order valence-corrected chi connectivity index (χ0v) is 22.0. The maximum absolute atomic E-state index is 13.8. The maximum Gasteiger partial charge on any atom is 0.274 e. The summed E-state index contributed by atoms with van der Waals surface area (Å²) < 4.78 is 2.63. The van der Waals surface area contributed by atoms with Gasteiger partial charge >= 0.3 is 0 Å². The number of hydrogen-bond acceptors (Lipinski definition) is 7. The summed E-state index contributed by atoms with van der Waals surface area (Å²) in [6.45, 7) is 0. The van der Waals surface area contributed by atoms with Crippen LogP contribution in [0.1, 0.15) is 17.0 Å². The first-order valence-electron chi connectivity index (χ1n) is 11.3. The first kappa shape index (κ1) is 25.1. The molecule has 1 atom stereocenters. The topological polar surface area (TPSA) is 141 Å². The molecule has 5 N–H and O–H groups in total. The molecule has 1 aliphatic heterocycles. The van der Waals surface area contributed by atoms with Gasteiger partial charge in [0.1, 0.15) is 22.0 Å². The number of allylic oxidation sites excluding steroid dienone is 1. The van der Waals surface area contributed by atoms with E-state index in [4.69, 9.17) is 5.73 Å². The van der Waals surface area contributed by atoms with Gasteiger partial charge < -0.3 is 21.3 Å². The van der Waals surface area contributed by atoms with Crippen molar-refractivity contribution in [2.75, 3.05) is 5.32 Å². The number of nitriles is 1. The van der Waals surface area contributed by atoms with Gasteiger partial charge in [0.15, 0.2) is 0 Å². The van der Waals surface area contributed by atoms with E-state index in [1.807, 2.05) is 0 Å². The Morgan fingerprint density at radius 3 is 2.24 bits per heavy atom. The van der Waals surface area contributed by atoms with E-state index in [0.717, 1.165) is 15.8 Å². The second-order valence-corrected chi connectivity index (χ2v) is 10.4. The quantitative estimate of drug-likeness (QED) is 0.289. The fourth-order valence-corrected chi connectivity index (χ4v) is 5.66. The lowest BCUT2D eigenvalue weighted by molar-refractivity contribution is -0.111. The van der Waals surface area contributed by atoms with Crippen LogP contribution in [0.15, 0.2) is 87.6 Å². The summed E-state index contributed by atoms with van der Waals surface area (Å²) in [6, 6.07) is 21.6. The van der Waals surface area contributed by atoms with Crippen molar-refractivity contribution in [2.24, 2.45) is 5.73 Å². The van der Waals surface area contributed by atoms with Crippen LogP contribution in [0.5, 0.6) is 11.5 Å². The molecule has 0 radical (unpaired) electrons. The van der Waals surface area contributed by atoms with Gasteiger partial charge in [-0.15, -0.1) is 11.3 Å². The summed E-state index contributed by atoms with van der Waals surface area (Å²) in [4.78, 5) is 27.3. The number of nitrogens with two attached hydrogens (primary N) is 1. The molecule has 0 bridgehead atoms. The van der Waals surface area contributed by atoms with E-state index < -0.39 is 17.4 Å². The Morgan fingerprint density at radius 2 is 1.63 bits per heavy atom. The van der Waals surface area contributed by atoms with Gasteiger partial charge in [-0.3, -0.25) is 14.2 Å². The van der Waals surface area contributed by atoms with Crippen molar-refractivity contribution in [2.45, 2.75) is 5.92 Å². The van der Waals surface area contributed by atoms with Crippen molar-refractivity contribution in [3.05, 3.63) is 114 Å². The number of fused-ring (bicyclic) bond motifs is 1. The van der Waals surface area contributed by atoms with E-state index in [0.29, 0.717) is 26.0 Å². The molecule has 1 unspecified atom stereocenters. The van der Waals surface area contributed by atoms with Crippen molar-refractivity contribution < 1.29 is 15.0 Å². The van der Waals surface area contributed by atoms with Crippen molar-refractivity contribution >= 4 is 56.3 Å². The largest absolute Gasteiger partial charge is 0.508 e. The summed E-state index contributed by atoms with van der Waals surface area (Å²) in [5, 5.41) is 32.4. The van der Waals surface area contributed by atoms with Crippen LogP contribution in [-0.4, -0.2) is 20.7 Å². The van der Waals surface area contributed by atoms with Crippen LogP contribution < -0.4 is 25.8 Å². The van der Waals surface area contributed by atoms with Crippen LogP contribution in [0.3, 0.4) is 0 Å². The molecule has 0 fully saturated rings. The number of thiazole rings is 1. The van der Waals surface area contributed by atoms with Gasteiger partial charge in [-0.1, -0.05) is 40.2 Å². The number of hydrogen-bond donors (Lipinski definition) is 4. The number of carbonyl (C=O) groups excluding carboxylic acids is 1. The zero-order chi connectivity index (χ0) is 27.0. The Labute approximate surface area is 228 Å². The maximum atomic E-state index is 13.8. The number of aromatic nitrogens is 1. The van der Waals surface area contributed by atoms with Gasteiger partial charge in [0.25, 0.3) is 11.5 Å². The standard InChI is InChI=1S/C28H19BrN4O4S/c29-17-5-7-18(8-6-17)32-26(36)24-23(16-3-11-20(35)12-4-16)21(14-30)25(31)33-27(37)22(38-28(24)33)13-15-1-9-19(34)10-2-15/h1-13,23,34-35H,31H2,(H,32,36)/b22-13-. The normalized spacial score (nSPS) is 15.2. The first-order valence-corrected chi connectivity index (χ1v) is 12.9. The molecule has 5 rings (SSSR count). The average Bonchev–Trinajstić information content (AvgIpc) is 3.22. The van der Waals surface area contributed by atoms with Gasteiger partial charge in [0, 0.05) is 10.2 Å². The molecule has 3 aromatic carbocycles. The molecule has 8 nitrogen and oxygen atoms in total. The predicted octanol–water partition coefficient (Wildman–Crippen LogP) is 3.15. The molecule has 0 saturated heterocycles. The molecular weight excluding hydrogens is 568 g/mol. The first-order chi connectivity index (χ1) is 18.3. The molecule has 0 aliphatic carbocycles. The Hall–Kier alpha value is -4.59. The third kappa shape index (κ3) is 4.61. The number of amides is 1. The second-order valence-electron chi connectivity index (χ2n) is 8.46. The molecule has 10 heteroatoms. The molecular formula is C28H19BrN4O4S. The van der Waals surface area contributed by atoms with Crippen LogP contribution in [0, 0.1) is 11.3 Å². The highest BCUT2D eigenvalue weighted by Crippen LogP contribution is 2.37. The summed E-state index contributed by atoms with van der Waals surface area (Å²) in [5.74, 6) is -1.33. The minimum atomic E-state index is -0.879. The average molecular weight is 587 g/mol. The third-order valence-electron chi connectivity index (χ3n) is 6.03. The number of rotatable bonds is 4. The SMILES string of the molecule is N#CC1=C(N)n2c(s/c(=C\c3ccc(O)cc3)c2=O)=C(C(=O)Nc2ccc(Br)cc2)C1c1ccc(O)cc1. The fourth-order valence-electron chi connectivity index (χ4n) is 4.22. The third-order valence-corrected chi connectivity index (χ3v) is 7.67. The van der Waals surface area contributed by atoms with Crippen LogP contribution >= 0.6 is 27.3 Å². The number of benzene rings is 3. The smallest absolute Gasteiger partial charge is 0.274 e. The van der Waals surface area contributed by atoms with E-state index in [1.54, 1.807) is 54.6 Å². The second kappa shape index (κ2) is 10.0. The number of phenols is 2. The van der Waals surface area contributed by atoms with Crippen molar-refractivity contribution in [1.29, 1.82) is 5.26 Å². The van der Waals surface area contributed by atoms with Crippen molar-refractivity contribution in [3.63, 3.8) is 0 Å². The number of nitrogens with one attached hydrogen (secondary N) is 1. The van der Waals surface area contributed by atoms with Crippen LogP contribution in [-0.2, 0) is 4.79 Å². The molecule has 1 aliphatic rings. The molecule has 0 spiro atoms. The van der Waals surface area contributed by atoms with Gasteiger partial charge in [0.2, 0.25) is 0 Å². The molecule has 1 amide bonds. The molecule has 2 heterocycles. The van der Waals surface area contributed by atoms with Crippen molar-refractivity contribution in [3.8, 4) is 17.6 Å². The molecule has 0 saturated carbocycles. The van der Waals surface area contributed by atoms with E-state index in [-0.39, 0.29) is 28.5 Å². The highest BCUT2D eigenvalue weighted by molar-refractivity contribution is 9.10. The lowest BCUT2D eigenvalue weighted by atomic mass is 9.83. The number of anilines is 1. The Kier molecular flexibility index (Phi) is 6.63. The highest BCUT2D eigenvalue weighted by atomic mass is 79.9. The van der Waals surface area contributed by atoms with Crippen LogP contribution in [0.25, 0.3) is 17.5 Å². The summed E-state index contributed by atoms with van der Waals surface area (Å²) >= 11 is 4.46. The van der Waals surface area contributed by atoms with E-state index in [9.17, 15) is 25.1 Å². The number of aromatic hydroxyl groups is 2. The molecule has 4 aromatic rings. The Bertz CT molecular complexity index is 1810. The van der Waals surface area contributed by atoms with Gasteiger partial charge in [-0.25, -0.2) is 0 Å². The van der Waals surface area contributed by atoms with E-state index in [1.165, 1.54) is 28.8 Å².